The number of carbonyl (C=O) groups is 2. The van der Waals surface area contributed by atoms with Gasteiger partial charge in [0.1, 0.15) is 11.6 Å². The van der Waals surface area contributed by atoms with E-state index in [1.54, 1.807) is 30.9 Å². The lowest BCUT2D eigenvalue weighted by Gasteiger charge is -2.41. The van der Waals surface area contributed by atoms with Crippen molar-refractivity contribution in [2.24, 2.45) is 5.92 Å². The van der Waals surface area contributed by atoms with Crippen LogP contribution in [0, 0.1) is 17.6 Å². The van der Waals surface area contributed by atoms with Crippen LogP contribution in [-0.4, -0.2) is 39.1 Å². The van der Waals surface area contributed by atoms with Crippen LogP contribution in [0.3, 0.4) is 0 Å². The maximum atomic E-state index is 15.1. The lowest BCUT2D eigenvalue weighted by atomic mass is 9.81. The largest absolute Gasteiger partial charge is 0.420 e. The molecule has 0 radical (unpaired) electrons. The molecule has 1 aliphatic heterocycles. The number of ether oxygens (including phenoxy) is 1. The third-order valence-corrected chi connectivity index (χ3v) is 7.42. The van der Waals surface area contributed by atoms with E-state index in [0.717, 1.165) is 6.20 Å². The van der Waals surface area contributed by atoms with E-state index in [4.69, 9.17) is 4.74 Å². The van der Waals surface area contributed by atoms with Gasteiger partial charge < -0.3 is 9.64 Å². The highest BCUT2D eigenvalue weighted by Crippen LogP contribution is 2.45. The van der Waals surface area contributed by atoms with Gasteiger partial charge in [0.15, 0.2) is 5.69 Å². The summed E-state index contributed by atoms with van der Waals surface area (Å²) in [5.41, 5.74) is 1.47. The number of halogens is 2. The molecular weight excluding hydrogens is 492 g/mol. The lowest BCUT2D eigenvalue weighted by molar-refractivity contribution is -0.137. The average molecular weight is 522 g/mol. The van der Waals surface area contributed by atoms with E-state index in [1.165, 1.54) is 16.8 Å². The van der Waals surface area contributed by atoms with Crippen molar-refractivity contribution in [3.05, 3.63) is 92.4 Å². The van der Waals surface area contributed by atoms with Crippen LogP contribution in [-0.2, 0) is 17.6 Å². The molecule has 0 saturated heterocycles. The summed E-state index contributed by atoms with van der Waals surface area (Å²) in [5.74, 6) is -3.43. The number of amides is 1. The number of rotatable bonds is 4. The zero-order chi connectivity index (χ0) is 27.3. The van der Waals surface area contributed by atoms with Crippen LogP contribution in [0.2, 0.25) is 0 Å². The van der Waals surface area contributed by atoms with Gasteiger partial charge in [-0.2, -0.15) is 5.10 Å². The van der Waals surface area contributed by atoms with Crippen LogP contribution in [0.15, 0.2) is 47.4 Å². The van der Waals surface area contributed by atoms with E-state index < -0.39 is 35.2 Å². The molecule has 1 aliphatic carbocycles. The normalized spacial score (nSPS) is 17.2. The Balaban J connectivity index is 1.80. The van der Waals surface area contributed by atoms with Gasteiger partial charge in [0.2, 0.25) is 11.2 Å². The SMILES string of the molecule is CC(C)C(=O)Oc1c2n(ncc1=O)[C@@H](C1c3cccc(F)c3CCc3c(F)cccc31)CN(C(C)C)C2=O. The number of esters is 1. The summed E-state index contributed by atoms with van der Waals surface area (Å²) in [7, 11) is 0. The molecule has 5 rings (SSSR count). The second-order valence-corrected chi connectivity index (χ2v) is 10.4. The molecule has 0 fully saturated rings. The van der Waals surface area contributed by atoms with Crippen molar-refractivity contribution in [3.8, 4) is 5.75 Å². The molecule has 1 atom stereocenters. The molecule has 2 heterocycles. The number of aromatic nitrogens is 2. The zero-order valence-corrected chi connectivity index (χ0v) is 21.7. The molecular formula is C29H29F2N3O4. The van der Waals surface area contributed by atoms with Crippen molar-refractivity contribution in [2.75, 3.05) is 6.54 Å². The summed E-state index contributed by atoms with van der Waals surface area (Å²) in [6.07, 6.45) is 1.65. The summed E-state index contributed by atoms with van der Waals surface area (Å²) < 4.78 is 37.1. The Hall–Kier alpha value is -3.88. The molecule has 0 bridgehead atoms. The Kier molecular flexibility index (Phi) is 6.63. The Morgan fingerprint density at radius 2 is 1.55 bits per heavy atom. The first kappa shape index (κ1) is 25.8. The highest BCUT2D eigenvalue weighted by Gasteiger charge is 2.43. The van der Waals surface area contributed by atoms with Crippen molar-refractivity contribution in [2.45, 2.75) is 58.5 Å². The van der Waals surface area contributed by atoms with E-state index in [1.807, 2.05) is 26.0 Å². The molecule has 198 valence electrons. The average Bonchev–Trinajstić information content (AvgIpc) is 3.04. The monoisotopic (exact) mass is 521 g/mol. The van der Waals surface area contributed by atoms with Crippen molar-refractivity contribution < 1.29 is 23.1 Å². The van der Waals surface area contributed by atoms with Gasteiger partial charge in [0.25, 0.3) is 5.91 Å². The summed E-state index contributed by atoms with van der Waals surface area (Å²) in [6, 6.07) is 8.75. The van der Waals surface area contributed by atoms with E-state index in [2.05, 4.69) is 5.10 Å². The molecule has 0 saturated carbocycles. The summed E-state index contributed by atoms with van der Waals surface area (Å²) in [5, 5.41) is 4.33. The van der Waals surface area contributed by atoms with Crippen LogP contribution in [0.5, 0.6) is 5.75 Å². The zero-order valence-electron chi connectivity index (χ0n) is 21.7. The number of hydrogen-bond acceptors (Lipinski definition) is 5. The molecule has 2 aromatic carbocycles. The van der Waals surface area contributed by atoms with Gasteiger partial charge in [-0.05, 0) is 61.1 Å². The number of benzene rings is 2. The van der Waals surface area contributed by atoms with Gasteiger partial charge in [-0.15, -0.1) is 0 Å². The van der Waals surface area contributed by atoms with E-state index >= 15 is 8.78 Å². The molecule has 0 unspecified atom stereocenters. The fourth-order valence-electron chi connectivity index (χ4n) is 5.50. The second kappa shape index (κ2) is 9.78. The Labute approximate surface area is 219 Å². The number of hydrogen-bond donors (Lipinski definition) is 0. The predicted molar refractivity (Wildman–Crippen MR) is 136 cm³/mol. The third kappa shape index (κ3) is 4.19. The van der Waals surface area contributed by atoms with Gasteiger partial charge in [0.05, 0.1) is 18.2 Å². The molecule has 2 aliphatic rings. The van der Waals surface area contributed by atoms with E-state index in [9.17, 15) is 14.4 Å². The van der Waals surface area contributed by atoms with Gasteiger partial charge in [0, 0.05) is 18.5 Å². The fraction of sp³-hybridized carbons (Fsp3) is 0.379. The number of carbonyl (C=O) groups excluding carboxylic acids is 2. The summed E-state index contributed by atoms with van der Waals surface area (Å²) >= 11 is 0. The minimum Gasteiger partial charge on any atom is -0.420 e. The van der Waals surface area contributed by atoms with Crippen LogP contribution in [0.25, 0.3) is 0 Å². The molecule has 9 heteroatoms. The number of nitrogens with zero attached hydrogens (tertiary/aromatic N) is 3. The minimum atomic E-state index is -0.693. The summed E-state index contributed by atoms with van der Waals surface area (Å²) in [6.45, 7) is 7.11. The highest BCUT2D eigenvalue weighted by molar-refractivity contribution is 5.97. The van der Waals surface area contributed by atoms with Crippen LogP contribution < -0.4 is 10.2 Å². The van der Waals surface area contributed by atoms with Gasteiger partial charge in [-0.25, -0.2) is 8.78 Å². The molecule has 1 aromatic heterocycles. The summed E-state index contributed by atoms with van der Waals surface area (Å²) in [4.78, 5) is 40.6. The van der Waals surface area contributed by atoms with Crippen molar-refractivity contribution in [1.29, 1.82) is 0 Å². The Morgan fingerprint density at radius 1 is 0.974 bits per heavy atom. The molecule has 1 amide bonds. The molecule has 3 aromatic rings. The van der Waals surface area contributed by atoms with Gasteiger partial charge >= 0.3 is 5.97 Å². The maximum Gasteiger partial charge on any atom is 0.313 e. The van der Waals surface area contributed by atoms with Gasteiger partial charge in [-0.3, -0.25) is 19.1 Å². The first-order chi connectivity index (χ1) is 18.1. The second-order valence-electron chi connectivity index (χ2n) is 10.4. The Bertz CT molecular complexity index is 1440. The van der Waals surface area contributed by atoms with Crippen LogP contribution in [0.4, 0.5) is 8.78 Å². The number of fused-ring (bicyclic) bond motifs is 3. The van der Waals surface area contributed by atoms with Crippen molar-refractivity contribution in [1.82, 2.24) is 14.7 Å². The standard InChI is InChI=1S/C29H29F2N3O4/c1-15(2)29(37)38-27-24(35)13-32-34-23(14-33(16(3)4)28(36)26(27)34)25-19-7-5-9-21(30)17(19)11-12-18-20(25)8-6-10-22(18)31/h5-10,13,15-16,23,25H,11-12,14H2,1-4H3/t23-/m1/s1. The van der Waals surface area contributed by atoms with Crippen LogP contribution in [0.1, 0.15) is 72.4 Å². The maximum absolute atomic E-state index is 15.1. The van der Waals surface area contributed by atoms with Crippen molar-refractivity contribution >= 4 is 11.9 Å². The first-order valence-electron chi connectivity index (χ1n) is 12.8. The lowest BCUT2D eigenvalue weighted by Crippen LogP contribution is -2.50. The highest BCUT2D eigenvalue weighted by atomic mass is 19.1. The van der Waals surface area contributed by atoms with Crippen LogP contribution >= 0.6 is 0 Å². The van der Waals surface area contributed by atoms with E-state index in [0.29, 0.717) is 35.1 Å². The predicted octanol–water partition coefficient (Wildman–Crippen LogP) is 4.42. The Morgan fingerprint density at radius 3 is 2.08 bits per heavy atom. The topological polar surface area (TPSA) is 81.5 Å². The quantitative estimate of drug-likeness (QED) is 0.475. The molecule has 7 nitrogen and oxygen atoms in total. The fourth-order valence-corrected chi connectivity index (χ4v) is 5.50. The first-order valence-corrected chi connectivity index (χ1v) is 12.8. The van der Waals surface area contributed by atoms with Gasteiger partial charge in [-0.1, -0.05) is 38.1 Å². The minimum absolute atomic E-state index is 0.142. The third-order valence-electron chi connectivity index (χ3n) is 7.42. The van der Waals surface area contributed by atoms with E-state index in [-0.39, 0.29) is 35.7 Å². The smallest absolute Gasteiger partial charge is 0.313 e. The molecule has 0 spiro atoms. The molecule has 38 heavy (non-hydrogen) atoms. The van der Waals surface area contributed by atoms with Crippen molar-refractivity contribution in [3.63, 3.8) is 0 Å². The molecule has 0 N–H and O–H groups in total.